The Balaban J connectivity index is 1.43. The highest BCUT2D eigenvalue weighted by molar-refractivity contribution is 5.95. The molecule has 0 amide bonds. The van der Waals surface area contributed by atoms with Crippen LogP contribution in [-0.2, 0) is 20.4 Å². The standard InChI is InChI=1S/C26H32F3N7O3/c1-16-13-37-11-9-33(16)19-12-21(35-17-5-6-18(35)15-38-14-17)30-25-23(19)24(26(27,28)29)32-36(25)20-7-8-34(31-20)22-4-2-3-10-39-22/h7-8,12,16-18,22H,2-6,9-11,13-15H2,1H3/t16-,17?,18?,22?/m1/s1. The number of rotatable bonds is 4. The van der Waals surface area contributed by atoms with Gasteiger partial charge in [-0.05, 0) is 39.0 Å². The summed E-state index contributed by atoms with van der Waals surface area (Å²) < 4.78 is 63.8. The zero-order valence-electron chi connectivity index (χ0n) is 21.8. The predicted octanol–water partition coefficient (Wildman–Crippen LogP) is 3.93. The summed E-state index contributed by atoms with van der Waals surface area (Å²) in [6.07, 6.45) is 1.55. The third-order valence-corrected chi connectivity index (χ3v) is 8.32. The van der Waals surface area contributed by atoms with Crippen LogP contribution in [0, 0.1) is 0 Å². The molecule has 4 atom stereocenters. The number of halogens is 3. The highest BCUT2D eigenvalue weighted by atomic mass is 19.4. The number of hydrogen-bond acceptors (Lipinski definition) is 8. The largest absolute Gasteiger partial charge is 0.435 e. The molecule has 4 aliphatic rings. The molecule has 10 nitrogen and oxygen atoms in total. The van der Waals surface area contributed by atoms with Crippen LogP contribution in [0.3, 0.4) is 0 Å². The van der Waals surface area contributed by atoms with Gasteiger partial charge >= 0.3 is 6.18 Å². The second-order valence-electron chi connectivity index (χ2n) is 10.9. The molecule has 2 bridgehead atoms. The van der Waals surface area contributed by atoms with Crippen LogP contribution in [0.2, 0.25) is 0 Å². The maximum Gasteiger partial charge on any atom is 0.435 e. The molecule has 4 saturated heterocycles. The lowest BCUT2D eigenvalue weighted by Crippen LogP contribution is -2.47. The van der Waals surface area contributed by atoms with Crippen molar-refractivity contribution >= 4 is 22.5 Å². The zero-order chi connectivity index (χ0) is 26.7. The van der Waals surface area contributed by atoms with Gasteiger partial charge in [0, 0.05) is 37.5 Å². The molecule has 4 fully saturated rings. The summed E-state index contributed by atoms with van der Waals surface area (Å²) in [7, 11) is 0. The lowest BCUT2D eigenvalue weighted by atomic mass is 10.1. The Kier molecular flexibility index (Phi) is 6.20. The molecule has 39 heavy (non-hydrogen) atoms. The maximum atomic E-state index is 14.6. The van der Waals surface area contributed by atoms with E-state index in [1.165, 1.54) is 4.68 Å². The average molecular weight is 548 g/mol. The first-order chi connectivity index (χ1) is 18.9. The summed E-state index contributed by atoms with van der Waals surface area (Å²) in [5.74, 6) is 0.928. The summed E-state index contributed by atoms with van der Waals surface area (Å²) in [4.78, 5) is 9.11. The van der Waals surface area contributed by atoms with Crippen LogP contribution in [0.25, 0.3) is 16.9 Å². The number of anilines is 2. The predicted molar refractivity (Wildman–Crippen MR) is 136 cm³/mol. The minimum absolute atomic E-state index is 0.0101. The number of hydrogen-bond donors (Lipinski definition) is 0. The average Bonchev–Trinajstić information content (AvgIpc) is 3.63. The third kappa shape index (κ3) is 4.34. The van der Waals surface area contributed by atoms with Crippen molar-refractivity contribution in [2.75, 3.05) is 49.4 Å². The lowest BCUT2D eigenvalue weighted by molar-refractivity contribution is -0.140. The first-order valence-corrected chi connectivity index (χ1v) is 13.8. The summed E-state index contributed by atoms with van der Waals surface area (Å²) in [5, 5.41) is 8.72. The van der Waals surface area contributed by atoms with Crippen molar-refractivity contribution in [2.45, 2.75) is 69.6 Å². The highest BCUT2D eigenvalue weighted by Gasteiger charge is 2.43. The summed E-state index contributed by atoms with van der Waals surface area (Å²) in [5.41, 5.74) is -0.335. The van der Waals surface area contributed by atoms with Gasteiger partial charge in [-0.1, -0.05) is 0 Å². The fourth-order valence-corrected chi connectivity index (χ4v) is 6.42. The van der Waals surface area contributed by atoms with Gasteiger partial charge in [-0.3, -0.25) is 0 Å². The van der Waals surface area contributed by atoms with Gasteiger partial charge in [-0.25, -0.2) is 9.67 Å². The zero-order valence-corrected chi connectivity index (χ0v) is 21.8. The van der Waals surface area contributed by atoms with Crippen molar-refractivity contribution in [2.24, 2.45) is 0 Å². The first-order valence-electron chi connectivity index (χ1n) is 13.8. The van der Waals surface area contributed by atoms with Crippen molar-refractivity contribution in [3.63, 3.8) is 0 Å². The monoisotopic (exact) mass is 547 g/mol. The topological polar surface area (TPSA) is 82.7 Å². The normalized spacial score (nSPS) is 28.0. The number of morpholine rings is 2. The van der Waals surface area contributed by atoms with E-state index in [9.17, 15) is 13.2 Å². The van der Waals surface area contributed by atoms with E-state index in [-0.39, 0.29) is 41.2 Å². The quantitative estimate of drug-likeness (QED) is 0.486. The van der Waals surface area contributed by atoms with Crippen molar-refractivity contribution in [1.29, 1.82) is 0 Å². The molecule has 0 aliphatic carbocycles. The lowest BCUT2D eigenvalue weighted by Gasteiger charge is -2.38. The molecule has 3 aromatic rings. The summed E-state index contributed by atoms with van der Waals surface area (Å²) in [6, 6.07) is 3.67. The fourth-order valence-electron chi connectivity index (χ4n) is 6.42. The van der Waals surface area contributed by atoms with E-state index in [4.69, 9.17) is 19.2 Å². The molecule has 7 rings (SSSR count). The van der Waals surface area contributed by atoms with Crippen LogP contribution < -0.4 is 9.80 Å². The van der Waals surface area contributed by atoms with Gasteiger partial charge in [0.25, 0.3) is 0 Å². The Hall–Kier alpha value is -2.90. The van der Waals surface area contributed by atoms with E-state index in [0.29, 0.717) is 51.1 Å². The number of pyridine rings is 1. The first kappa shape index (κ1) is 25.1. The Bertz CT molecular complexity index is 1340. The molecular formula is C26H32F3N7O3. The Morgan fingerprint density at radius 1 is 0.949 bits per heavy atom. The molecule has 7 heterocycles. The molecule has 0 saturated carbocycles. The minimum atomic E-state index is -4.68. The highest BCUT2D eigenvalue weighted by Crippen LogP contribution is 2.43. The number of fused-ring (bicyclic) bond motifs is 3. The molecule has 3 aromatic heterocycles. The summed E-state index contributed by atoms with van der Waals surface area (Å²) >= 11 is 0. The Morgan fingerprint density at radius 3 is 2.49 bits per heavy atom. The number of aromatic nitrogens is 5. The smallest absolute Gasteiger partial charge is 0.377 e. The van der Waals surface area contributed by atoms with Crippen LogP contribution in [0.1, 0.15) is 50.9 Å². The van der Waals surface area contributed by atoms with Gasteiger partial charge in [-0.2, -0.15) is 28.1 Å². The van der Waals surface area contributed by atoms with E-state index in [0.717, 1.165) is 32.1 Å². The van der Waals surface area contributed by atoms with Crippen LogP contribution in [0.5, 0.6) is 0 Å². The molecule has 0 aromatic carbocycles. The van der Waals surface area contributed by atoms with Crippen LogP contribution in [0.4, 0.5) is 24.7 Å². The maximum absolute atomic E-state index is 14.6. The second-order valence-corrected chi connectivity index (χ2v) is 10.9. The van der Waals surface area contributed by atoms with Gasteiger partial charge in [0.1, 0.15) is 12.0 Å². The Morgan fingerprint density at radius 2 is 1.77 bits per heavy atom. The van der Waals surface area contributed by atoms with E-state index >= 15 is 0 Å². The van der Waals surface area contributed by atoms with Crippen LogP contribution in [0.15, 0.2) is 18.3 Å². The van der Waals surface area contributed by atoms with Crippen molar-refractivity contribution in [3.8, 4) is 5.82 Å². The molecule has 0 N–H and O–H groups in total. The van der Waals surface area contributed by atoms with Gasteiger partial charge < -0.3 is 24.0 Å². The van der Waals surface area contributed by atoms with Crippen molar-refractivity contribution in [3.05, 3.63) is 24.0 Å². The van der Waals surface area contributed by atoms with E-state index < -0.39 is 11.9 Å². The van der Waals surface area contributed by atoms with Gasteiger partial charge in [0.15, 0.2) is 17.2 Å². The summed E-state index contributed by atoms with van der Waals surface area (Å²) in [6.45, 7) is 5.11. The van der Waals surface area contributed by atoms with Gasteiger partial charge in [0.05, 0.1) is 49.6 Å². The third-order valence-electron chi connectivity index (χ3n) is 8.32. The van der Waals surface area contributed by atoms with Crippen LogP contribution >= 0.6 is 0 Å². The molecule has 0 radical (unpaired) electrons. The molecule has 4 aliphatic heterocycles. The molecule has 13 heteroatoms. The molecular weight excluding hydrogens is 515 g/mol. The number of alkyl halides is 3. The van der Waals surface area contributed by atoms with Gasteiger partial charge in [-0.15, -0.1) is 0 Å². The number of nitrogens with zero attached hydrogens (tertiary/aromatic N) is 7. The minimum Gasteiger partial charge on any atom is -0.377 e. The van der Waals surface area contributed by atoms with E-state index in [1.807, 2.05) is 17.9 Å². The van der Waals surface area contributed by atoms with Gasteiger partial charge in [0.2, 0.25) is 0 Å². The van der Waals surface area contributed by atoms with Crippen molar-refractivity contribution in [1.82, 2.24) is 24.5 Å². The van der Waals surface area contributed by atoms with Crippen molar-refractivity contribution < 1.29 is 27.4 Å². The number of ether oxygens (including phenoxy) is 3. The fraction of sp³-hybridized carbons (Fsp3) is 0.654. The Labute approximate surface area is 223 Å². The second kappa shape index (κ2) is 9.63. The van der Waals surface area contributed by atoms with Crippen LogP contribution in [-0.4, -0.2) is 82.2 Å². The van der Waals surface area contributed by atoms with E-state index in [1.54, 1.807) is 16.9 Å². The molecule has 210 valence electrons. The molecule has 3 unspecified atom stereocenters. The SMILES string of the molecule is C[C@@H]1COCCN1c1cc(N2C3CCC2COC3)nc2c1c(C(F)(F)F)nn2-c1ccn(C2CCCCO2)n1. The molecule has 0 spiro atoms. The van der Waals surface area contributed by atoms with E-state index in [2.05, 4.69) is 15.1 Å².